The number of phenols is 1. The van der Waals surface area contributed by atoms with Gasteiger partial charge in [0.2, 0.25) is 0 Å². The summed E-state index contributed by atoms with van der Waals surface area (Å²) in [6.45, 7) is 3.36. The summed E-state index contributed by atoms with van der Waals surface area (Å²) in [5.41, 5.74) is 1.22. The largest absolute Gasteiger partial charge is 0.508 e. The molecule has 0 aliphatic rings. The SMILES string of the molecule is CC(Cc1ccc(O)cc1)NCCCCO. The molecular weight excluding hydrogens is 202 g/mol. The van der Waals surface area contributed by atoms with Gasteiger partial charge in [-0.3, -0.25) is 0 Å². The molecule has 90 valence electrons. The number of aliphatic hydroxyl groups is 1. The van der Waals surface area contributed by atoms with Gasteiger partial charge in [-0.25, -0.2) is 0 Å². The van der Waals surface area contributed by atoms with Crippen LogP contribution in [0.1, 0.15) is 25.3 Å². The Labute approximate surface area is 97.1 Å². The average molecular weight is 223 g/mol. The van der Waals surface area contributed by atoms with Crippen molar-refractivity contribution in [2.24, 2.45) is 0 Å². The smallest absolute Gasteiger partial charge is 0.115 e. The zero-order valence-electron chi connectivity index (χ0n) is 9.82. The number of benzene rings is 1. The first-order valence-corrected chi connectivity index (χ1v) is 5.84. The Balaban J connectivity index is 2.23. The van der Waals surface area contributed by atoms with E-state index in [-0.39, 0.29) is 6.61 Å². The van der Waals surface area contributed by atoms with Crippen LogP contribution in [0.3, 0.4) is 0 Å². The van der Waals surface area contributed by atoms with Gasteiger partial charge in [-0.15, -0.1) is 0 Å². The molecule has 0 bridgehead atoms. The second kappa shape index (κ2) is 7.25. The van der Waals surface area contributed by atoms with Gasteiger partial charge < -0.3 is 15.5 Å². The summed E-state index contributed by atoms with van der Waals surface area (Å²) in [7, 11) is 0. The molecule has 1 aromatic rings. The van der Waals surface area contributed by atoms with Crippen molar-refractivity contribution in [2.75, 3.05) is 13.2 Å². The molecule has 3 heteroatoms. The van der Waals surface area contributed by atoms with E-state index in [2.05, 4.69) is 12.2 Å². The standard InChI is InChI=1S/C13H21NO2/c1-11(14-8-2-3-9-15)10-12-4-6-13(16)7-5-12/h4-7,11,14-16H,2-3,8-10H2,1H3. The lowest BCUT2D eigenvalue weighted by Crippen LogP contribution is -2.29. The van der Waals surface area contributed by atoms with Crippen LogP contribution in [0.2, 0.25) is 0 Å². The lowest BCUT2D eigenvalue weighted by molar-refractivity contribution is 0.282. The van der Waals surface area contributed by atoms with Gasteiger partial charge in [0.15, 0.2) is 0 Å². The van der Waals surface area contributed by atoms with Crippen molar-refractivity contribution in [1.82, 2.24) is 5.32 Å². The van der Waals surface area contributed by atoms with Crippen LogP contribution in [0.25, 0.3) is 0 Å². The minimum atomic E-state index is 0.272. The highest BCUT2D eigenvalue weighted by Gasteiger charge is 2.02. The molecule has 16 heavy (non-hydrogen) atoms. The molecule has 1 atom stereocenters. The predicted molar refractivity (Wildman–Crippen MR) is 65.6 cm³/mol. The fourth-order valence-electron chi connectivity index (χ4n) is 1.64. The van der Waals surface area contributed by atoms with E-state index in [0.717, 1.165) is 25.8 Å². The van der Waals surface area contributed by atoms with E-state index in [1.165, 1.54) is 5.56 Å². The van der Waals surface area contributed by atoms with Crippen LogP contribution < -0.4 is 5.32 Å². The highest BCUT2D eigenvalue weighted by atomic mass is 16.3. The van der Waals surface area contributed by atoms with E-state index >= 15 is 0 Å². The molecule has 1 aromatic carbocycles. The number of rotatable bonds is 7. The van der Waals surface area contributed by atoms with E-state index in [9.17, 15) is 0 Å². The Kier molecular flexibility index (Phi) is 5.90. The average Bonchev–Trinajstić information content (AvgIpc) is 2.28. The summed E-state index contributed by atoms with van der Waals surface area (Å²) in [5, 5.41) is 21.2. The summed E-state index contributed by atoms with van der Waals surface area (Å²) in [4.78, 5) is 0. The molecule has 0 saturated heterocycles. The minimum Gasteiger partial charge on any atom is -0.508 e. The van der Waals surface area contributed by atoms with Crippen LogP contribution >= 0.6 is 0 Å². The molecule has 0 spiro atoms. The Morgan fingerprint density at radius 1 is 1.19 bits per heavy atom. The molecule has 0 aromatic heterocycles. The maximum Gasteiger partial charge on any atom is 0.115 e. The van der Waals surface area contributed by atoms with Gasteiger partial charge in [0, 0.05) is 12.6 Å². The number of hydrogen-bond donors (Lipinski definition) is 3. The second-order valence-electron chi connectivity index (χ2n) is 4.16. The second-order valence-corrected chi connectivity index (χ2v) is 4.16. The van der Waals surface area contributed by atoms with Gasteiger partial charge in [-0.1, -0.05) is 12.1 Å². The van der Waals surface area contributed by atoms with Gasteiger partial charge in [0.05, 0.1) is 0 Å². The molecule has 0 saturated carbocycles. The lowest BCUT2D eigenvalue weighted by Gasteiger charge is -2.13. The van der Waals surface area contributed by atoms with Crippen LogP contribution in [0.4, 0.5) is 0 Å². The summed E-state index contributed by atoms with van der Waals surface area (Å²) < 4.78 is 0. The maximum absolute atomic E-state index is 9.15. The van der Waals surface area contributed by atoms with Crippen molar-refractivity contribution >= 4 is 0 Å². The third-order valence-corrected chi connectivity index (χ3v) is 2.56. The van der Waals surface area contributed by atoms with E-state index < -0.39 is 0 Å². The van der Waals surface area contributed by atoms with Gasteiger partial charge in [-0.05, 0) is 50.4 Å². The Morgan fingerprint density at radius 3 is 2.50 bits per heavy atom. The van der Waals surface area contributed by atoms with Crippen molar-refractivity contribution in [3.8, 4) is 5.75 Å². The van der Waals surface area contributed by atoms with Crippen LogP contribution in [0.5, 0.6) is 5.75 Å². The van der Waals surface area contributed by atoms with Crippen molar-refractivity contribution in [3.05, 3.63) is 29.8 Å². The van der Waals surface area contributed by atoms with Crippen LogP contribution in [-0.4, -0.2) is 29.4 Å². The quantitative estimate of drug-likeness (QED) is 0.616. The van der Waals surface area contributed by atoms with E-state index in [4.69, 9.17) is 10.2 Å². The molecule has 0 amide bonds. The summed E-state index contributed by atoms with van der Waals surface area (Å²) in [5.74, 6) is 0.312. The van der Waals surface area contributed by atoms with E-state index in [0.29, 0.717) is 11.8 Å². The van der Waals surface area contributed by atoms with Gasteiger partial charge in [-0.2, -0.15) is 0 Å². The molecule has 1 unspecified atom stereocenters. The fourth-order valence-corrected chi connectivity index (χ4v) is 1.64. The number of phenolic OH excluding ortho intramolecular Hbond substituents is 1. The van der Waals surface area contributed by atoms with E-state index in [1.807, 2.05) is 12.1 Å². The first kappa shape index (κ1) is 13.0. The Morgan fingerprint density at radius 2 is 1.88 bits per heavy atom. The molecule has 1 rings (SSSR count). The molecule has 3 nitrogen and oxygen atoms in total. The number of hydrogen-bond acceptors (Lipinski definition) is 3. The molecule has 0 fully saturated rings. The van der Waals surface area contributed by atoms with Gasteiger partial charge >= 0.3 is 0 Å². The molecule has 3 N–H and O–H groups in total. The van der Waals surface area contributed by atoms with Gasteiger partial charge in [0.25, 0.3) is 0 Å². The minimum absolute atomic E-state index is 0.272. The van der Waals surface area contributed by atoms with Crippen LogP contribution in [0.15, 0.2) is 24.3 Å². The third-order valence-electron chi connectivity index (χ3n) is 2.56. The number of aromatic hydroxyl groups is 1. The highest BCUT2D eigenvalue weighted by Crippen LogP contribution is 2.11. The summed E-state index contributed by atoms with van der Waals surface area (Å²) in [6, 6.07) is 7.74. The number of nitrogens with one attached hydrogen (secondary N) is 1. The van der Waals surface area contributed by atoms with E-state index in [1.54, 1.807) is 12.1 Å². The normalized spacial score (nSPS) is 12.6. The van der Waals surface area contributed by atoms with Crippen LogP contribution in [-0.2, 0) is 6.42 Å². The molecule has 0 radical (unpaired) electrons. The topological polar surface area (TPSA) is 52.5 Å². The molecule has 0 aliphatic carbocycles. The third kappa shape index (κ3) is 5.14. The monoisotopic (exact) mass is 223 g/mol. The molecule has 0 heterocycles. The lowest BCUT2D eigenvalue weighted by atomic mass is 10.1. The Bertz CT molecular complexity index is 284. The van der Waals surface area contributed by atoms with Crippen molar-refractivity contribution in [1.29, 1.82) is 0 Å². The van der Waals surface area contributed by atoms with Crippen LogP contribution in [0, 0.1) is 0 Å². The molecule has 0 aliphatic heterocycles. The first-order chi connectivity index (χ1) is 7.72. The first-order valence-electron chi connectivity index (χ1n) is 5.84. The zero-order chi connectivity index (χ0) is 11.8. The number of aliphatic hydroxyl groups excluding tert-OH is 1. The Hall–Kier alpha value is -1.06. The predicted octanol–water partition coefficient (Wildman–Crippen LogP) is 1.69. The number of unbranched alkanes of at least 4 members (excludes halogenated alkanes) is 1. The molecular formula is C13H21NO2. The highest BCUT2D eigenvalue weighted by molar-refractivity contribution is 5.26. The van der Waals surface area contributed by atoms with Crippen molar-refractivity contribution in [3.63, 3.8) is 0 Å². The van der Waals surface area contributed by atoms with Crippen molar-refractivity contribution in [2.45, 2.75) is 32.2 Å². The zero-order valence-corrected chi connectivity index (χ0v) is 9.82. The van der Waals surface area contributed by atoms with Crippen molar-refractivity contribution < 1.29 is 10.2 Å². The summed E-state index contributed by atoms with van der Waals surface area (Å²) >= 11 is 0. The van der Waals surface area contributed by atoms with Gasteiger partial charge in [0.1, 0.15) is 5.75 Å². The fraction of sp³-hybridized carbons (Fsp3) is 0.538. The summed E-state index contributed by atoms with van der Waals surface area (Å²) in [6.07, 6.45) is 2.83. The maximum atomic E-state index is 9.15.